The lowest BCUT2D eigenvalue weighted by Gasteiger charge is -2.23. The fourth-order valence-electron chi connectivity index (χ4n) is 2.91. The van der Waals surface area contributed by atoms with E-state index in [1.54, 1.807) is 16.5 Å². The maximum Gasteiger partial charge on any atom is 0.248 e. The van der Waals surface area contributed by atoms with E-state index in [4.69, 9.17) is 9.47 Å². The van der Waals surface area contributed by atoms with E-state index in [9.17, 15) is 9.59 Å². The number of aromatic nitrogens is 1. The summed E-state index contributed by atoms with van der Waals surface area (Å²) in [6.45, 7) is 0.575. The maximum atomic E-state index is 12.5. The number of rotatable bonds is 4. The van der Waals surface area contributed by atoms with E-state index >= 15 is 0 Å². The van der Waals surface area contributed by atoms with Crippen LogP contribution in [0.1, 0.15) is 18.4 Å². The molecule has 0 saturated carbocycles. The molecule has 1 unspecified atom stereocenters. The number of ether oxygens (including phenoxy) is 2. The van der Waals surface area contributed by atoms with Gasteiger partial charge in [0, 0.05) is 24.5 Å². The first-order valence-electron chi connectivity index (χ1n) is 7.59. The molecule has 2 amide bonds. The summed E-state index contributed by atoms with van der Waals surface area (Å²) in [6, 6.07) is 5.08. The van der Waals surface area contributed by atoms with Gasteiger partial charge in [0.15, 0.2) is 16.6 Å². The molecule has 24 heavy (non-hydrogen) atoms. The van der Waals surface area contributed by atoms with Crippen LogP contribution in [0.5, 0.6) is 11.5 Å². The fourth-order valence-corrected chi connectivity index (χ4v) is 3.45. The zero-order valence-corrected chi connectivity index (χ0v) is 13.5. The smallest absolute Gasteiger partial charge is 0.248 e. The molecular weight excluding hydrogens is 330 g/mol. The first kappa shape index (κ1) is 14.9. The first-order chi connectivity index (χ1) is 11.7. The molecule has 1 aromatic carbocycles. The highest BCUT2D eigenvalue weighted by molar-refractivity contribution is 7.13. The van der Waals surface area contributed by atoms with E-state index in [0.717, 1.165) is 5.56 Å². The molecule has 3 heterocycles. The van der Waals surface area contributed by atoms with Crippen molar-refractivity contribution in [2.24, 2.45) is 0 Å². The summed E-state index contributed by atoms with van der Waals surface area (Å²) in [5, 5.41) is 5.11. The van der Waals surface area contributed by atoms with Crippen molar-refractivity contribution < 1.29 is 19.1 Å². The van der Waals surface area contributed by atoms with E-state index < -0.39 is 6.04 Å². The molecule has 1 saturated heterocycles. The van der Waals surface area contributed by atoms with Crippen molar-refractivity contribution >= 4 is 28.3 Å². The second-order valence-electron chi connectivity index (χ2n) is 5.59. The number of hydrogen-bond acceptors (Lipinski definition) is 6. The third kappa shape index (κ3) is 2.80. The Kier molecular flexibility index (Phi) is 3.81. The molecule has 2 aliphatic heterocycles. The van der Waals surface area contributed by atoms with Gasteiger partial charge in [-0.2, -0.15) is 0 Å². The Bertz CT molecular complexity index is 778. The molecule has 1 atom stereocenters. The van der Waals surface area contributed by atoms with Crippen LogP contribution in [0.15, 0.2) is 29.8 Å². The highest BCUT2D eigenvalue weighted by atomic mass is 32.1. The first-order valence-corrected chi connectivity index (χ1v) is 8.47. The third-order valence-electron chi connectivity index (χ3n) is 4.08. The van der Waals surface area contributed by atoms with Crippen LogP contribution in [0.2, 0.25) is 0 Å². The lowest BCUT2D eigenvalue weighted by molar-refractivity contribution is -0.133. The monoisotopic (exact) mass is 345 g/mol. The molecule has 4 rings (SSSR count). The molecule has 124 valence electrons. The summed E-state index contributed by atoms with van der Waals surface area (Å²) in [7, 11) is 0. The average molecular weight is 345 g/mol. The summed E-state index contributed by atoms with van der Waals surface area (Å²) in [6.07, 6.45) is 2.52. The van der Waals surface area contributed by atoms with Gasteiger partial charge in [0.2, 0.25) is 18.6 Å². The van der Waals surface area contributed by atoms with Gasteiger partial charge in [-0.1, -0.05) is 6.07 Å². The molecule has 2 aromatic rings. The second-order valence-corrected chi connectivity index (χ2v) is 6.48. The van der Waals surface area contributed by atoms with Gasteiger partial charge >= 0.3 is 0 Å². The Labute approximate surface area is 142 Å². The van der Waals surface area contributed by atoms with Crippen molar-refractivity contribution in [3.63, 3.8) is 0 Å². The molecule has 1 fully saturated rings. The van der Waals surface area contributed by atoms with Gasteiger partial charge in [0.05, 0.1) is 0 Å². The van der Waals surface area contributed by atoms with E-state index in [-0.39, 0.29) is 18.6 Å². The molecule has 0 spiro atoms. The average Bonchev–Trinajstić information content (AvgIpc) is 3.29. The van der Waals surface area contributed by atoms with Crippen LogP contribution in [-0.4, -0.2) is 34.5 Å². The highest BCUT2D eigenvalue weighted by Gasteiger charge is 2.36. The summed E-state index contributed by atoms with van der Waals surface area (Å²) in [5.74, 6) is 1.15. The molecule has 0 radical (unpaired) electrons. The van der Waals surface area contributed by atoms with Gasteiger partial charge in [0.25, 0.3) is 0 Å². The molecule has 1 N–H and O–H groups in total. The minimum absolute atomic E-state index is 0.0213. The maximum absolute atomic E-state index is 12.5. The zero-order valence-electron chi connectivity index (χ0n) is 12.7. The number of nitrogens with zero attached hydrogens (tertiary/aromatic N) is 2. The number of amides is 2. The van der Waals surface area contributed by atoms with E-state index in [2.05, 4.69) is 10.3 Å². The molecular formula is C16H15N3O4S. The van der Waals surface area contributed by atoms with Gasteiger partial charge < -0.3 is 19.7 Å². The lowest BCUT2D eigenvalue weighted by atomic mass is 10.1. The zero-order chi connectivity index (χ0) is 16.5. The van der Waals surface area contributed by atoms with Gasteiger partial charge in [-0.15, -0.1) is 11.3 Å². The van der Waals surface area contributed by atoms with E-state index in [0.29, 0.717) is 36.0 Å². The van der Waals surface area contributed by atoms with E-state index in [1.165, 1.54) is 11.3 Å². The summed E-state index contributed by atoms with van der Waals surface area (Å²) >= 11 is 1.35. The number of nitrogens with one attached hydrogen (secondary N) is 1. The Balaban J connectivity index is 1.49. The van der Waals surface area contributed by atoms with Gasteiger partial charge in [-0.05, 0) is 24.1 Å². The number of carbonyl (C=O) groups is 2. The number of carbonyl (C=O) groups excluding carboxylic acids is 2. The molecule has 8 heteroatoms. The quantitative estimate of drug-likeness (QED) is 0.917. The van der Waals surface area contributed by atoms with Gasteiger partial charge in [-0.25, -0.2) is 4.98 Å². The van der Waals surface area contributed by atoms with Crippen LogP contribution < -0.4 is 14.8 Å². The van der Waals surface area contributed by atoms with Crippen LogP contribution in [0.3, 0.4) is 0 Å². The summed E-state index contributed by atoms with van der Waals surface area (Å²) in [4.78, 5) is 30.3. The standard InChI is InChI=1S/C16H15N3O4S/c20-14-4-2-11(15(21)18-16-17-5-6-24-16)19(14)8-10-1-3-12-13(7-10)23-9-22-12/h1,3,5-7,11H,2,4,8-9H2,(H,17,18,21). The fraction of sp³-hybridized carbons (Fsp3) is 0.312. The predicted octanol–water partition coefficient (Wildman–Crippen LogP) is 2.00. The highest BCUT2D eigenvalue weighted by Crippen LogP contribution is 2.33. The number of hydrogen-bond donors (Lipinski definition) is 1. The normalized spacial score (nSPS) is 18.9. The number of benzene rings is 1. The molecule has 0 bridgehead atoms. The SMILES string of the molecule is O=C(Nc1nccs1)C1CCC(=O)N1Cc1ccc2c(c1)OCO2. The topological polar surface area (TPSA) is 80.8 Å². The number of likely N-dealkylation sites (tertiary alicyclic amines) is 1. The van der Waals surface area contributed by atoms with Crippen molar-refractivity contribution in [2.45, 2.75) is 25.4 Å². The molecule has 2 aliphatic rings. The Morgan fingerprint density at radius 1 is 1.38 bits per heavy atom. The summed E-state index contributed by atoms with van der Waals surface area (Å²) < 4.78 is 10.7. The van der Waals surface area contributed by atoms with Crippen molar-refractivity contribution in [3.8, 4) is 11.5 Å². The van der Waals surface area contributed by atoms with Crippen LogP contribution in [0.4, 0.5) is 5.13 Å². The minimum Gasteiger partial charge on any atom is -0.454 e. The van der Waals surface area contributed by atoms with E-state index in [1.807, 2.05) is 18.2 Å². The minimum atomic E-state index is -0.480. The van der Waals surface area contributed by atoms with Crippen LogP contribution in [-0.2, 0) is 16.1 Å². The Hall–Kier alpha value is -2.61. The Morgan fingerprint density at radius 3 is 3.08 bits per heavy atom. The van der Waals surface area contributed by atoms with Crippen molar-refractivity contribution in [1.82, 2.24) is 9.88 Å². The molecule has 0 aliphatic carbocycles. The van der Waals surface area contributed by atoms with Gasteiger partial charge in [0.1, 0.15) is 6.04 Å². The van der Waals surface area contributed by atoms with Crippen molar-refractivity contribution in [1.29, 1.82) is 0 Å². The summed E-state index contributed by atoms with van der Waals surface area (Å²) in [5.41, 5.74) is 0.904. The van der Waals surface area contributed by atoms with Gasteiger partial charge in [-0.3, -0.25) is 9.59 Å². The largest absolute Gasteiger partial charge is 0.454 e. The number of fused-ring (bicyclic) bond motifs is 1. The predicted molar refractivity (Wildman–Crippen MR) is 86.9 cm³/mol. The van der Waals surface area contributed by atoms with Crippen molar-refractivity contribution in [3.05, 3.63) is 35.3 Å². The van der Waals surface area contributed by atoms with Crippen LogP contribution in [0, 0.1) is 0 Å². The van der Waals surface area contributed by atoms with Crippen LogP contribution in [0.25, 0.3) is 0 Å². The lowest BCUT2D eigenvalue weighted by Crippen LogP contribution is -2.41. The molecule has 1 aromatic heterocycles. The number of anilines is 1. The Morgan fingerprint density at radius 2 is 2.25 bits per heavy atom. The van der Waals surface area contributed by atoms with Crippen LogP contribution >= 0.6 is 11.3 Å². The second kappa shape index (κ2) is 6.12. The van der Waals surface area contributed by atoms with Crippen molar-refractivity contribution in [2.75, 3.05) is 12.1 Å². The number of thiazole rings is 1. The third-order valence-corrected chi connectivity index (χ3v) is 4.77. The molecule has 7 nitrogen and oxygen atoms in total.